The average Bonchev–Trinajstić information content (AvgIpc) is 2.59. The van der Waals surface area contributed by atoms with Crippen LogP contribution >= 0.6 is 0 Å². The number of hydrogen-bond acceptors (Lipinski definition) is 5. The lowest BCUT2D eigenvalue weighted by Crippen LogP contribution is -2.39. The molecule has 0 amide bonds. The van der Waals surface area contributed by atoms with Crippen LogP contribution in [0, 0.1) is 6.92 Å². The monoisotopic (exact) mass is 346 g/mol. The van der Waals surface area contributed by atoms with E-state index in [0.29, 0.717) is 13.0 Å². The van der Waals surface area contributed by atoms with Gasteiger partial charge in [0.15, 0.2) is 6.29 Å². The minimum absolute atomic E-state index is 0.153. The molecule has 2 heterocycles. The summed E-state index contributed by atoms with van der Waals surface area (Å²) in [6, 6.07) is 14.1. The van der Waals surface area contributed by atoms with E-state index in [1.807, 2.05) is 31.2 Å². The van der Waals surface area contributed by atoms with Crippen molar-refractivity contribution in [1.29, 1.82) is 0 Å². The van der Waals surface area contributed by atoms with E-state index >= 15 is 0 Å². The van der Waals surface area contributed by atoms with Crippen LogP contribution in [0.3, 0.4) is 0 Å². The standard InChI is InChI=1S/C18H18O5S/c1-12-6-8-13(9-7-12)24(19,20)23-17-14-4-2-3-5-15(14)18-21-11-10-16(17)22-18/h2-9,16-18H,10-11H2,1H3/t16-,17-,18-/m0/s1. The van der Waals surface area contributed by atoms with Crippen LogP contribution in [0.15, 0.2) is 53.4 Å². The predicted molar refractivity (Wildman–Crippen MR) is 86.8 cm³/mol. The van der Waals surface area contributed by atoms with Gasteiger partial charge in [0.25, 0.3) is 10.1 Å². The van der Waals surface area contributed by atoms with Gasteiger partial charge in [-0.25, -0.2) is 0 Å². The fraction of sp³-hybridized carbons (Fsp3) is 0.333. The Morgan fingerprint density at radius 2 is 1.75 bits per heavy atom. The highest BCUT2D eigenvalue weighted by Gasteiger charge is 2.42. The summed E-state index contributed by atoms with van der Waals surface area (Å²) in [4.78, 5) is 0.153. The summed E-state index contributed by atoms with van der Waals surface area (Å²) in [5, 5.41) is 0. The van der Waals surface area contributed by atoms with Crippen molar-refractivity contribution in [2.45, 2.75) is 36.7 Å². The van der Waals surface area contributed by atoms with E-state index in [1.165, 1.54) is 0 Å². The Kier molecular flexibility index (Phi) is 3.92. The largest absolute Gasteiger partial charge is 0.348 e. The lowest BCUT2D eigenvalue weighted by molar-refractivity contribution is -0.246. The topological polar surface area (TPSA) is 61.8 Å². The van der Waals surface area contributed by atoms with E-state index in [-0.39, 0.29) is 11.0 Å². The number of fused-ring (bicyclic) bond motifs is 4. The molecule has 1 fully saturated rings. The molecule has 2 aromatic rings. The van der Waals surface area contributed by atoms with E-state index in [1.54, 1.807) is 24.3 Å². The zero-order valence-electron chi connectivity index (χ0n) is 13.2. The first-order valence-corrected chi connectivity index (χ1v) is 9.31. The van der Waals surface area contributed by atoms with Gasteiger partial charge in [0.1, 0.15) is 6.10 Å². The second-order valence-corrected chi connectivity index (χ2v) is 7.65. The molecule has 0 unspecified atom stereocenters. The van der Waals surface area contributed by atoms with Gasteiger partial charge in [-0.3, -0.25) is 4.18 Å². The molecule has 0 spiro atoms. The Morgan fingerprint density at radius 1 is 1.04 bits per heavy atom. The molecule has 6 heteroatoms. The molecule has 2 aliphatic heterocycles. The molecule has 4 rings (SSSR count). The Labute approximate surface area is 141 Å². The molecule has 1 saturated heterocycles. The van der Waals surface area contributed by atoms with Crippen LogP contribution in [-0.4, -0.2) is 21.1 Å². The minimum atomic E-state index is -3.88. The van der Waals surface area contributed by atoms with Crippen LogP contribution < -0.4 is 0 Å². The molecule has 0 aromatic heterocycles. The Hall–Kier alpha value is -1.73. The van der Waals surface area contributed by atoms with Gasteiger partial charge < -0.3 is 9.47 Å². The summed E-state index contributed by atoms with van der Waals surface area (Å²) < 4.78 is 42.4. The first-order valence-electron chi connectivity index (χ1n) is 7.90. The van der Waals surface area contributed by atoms with Crippen LogP contribution in [0.25, 0.3) is 0 Å². The molecule has 5 nitrogen and oxygen atoms in total. The van der Waals surface area contributed by atoms with Gasteiger partial charge in [0.05, 0.1) is 17.6 Å². The maximum Gasteiger partial charge on any atom is 0.297 e. The lowest BCUT2D eigenvalue weighted by Gasteiger charge is -2.40. The third-order valence-corrected chi connectivity index (χ3v) is 5.71. The van der Waals surface area contributed by atoms with Crippen molar-refractivity contribution in [3.63, 3.8) is 0 Å². The van der Waals surface area contributed by atoms with E-state index < -0.39 is 22.5 Å². The lowest BCUT2D eigenvalue weighted by atomic mass is 9.93. The second kappa shape index (κ2) is 5.97. The third kappa shape index (κ3) is 2.75. The maximum atomic E-state index is 12.7. The van der Waals surface area contributed by atoms with Crippen LogP contribution in [-0.2, 0) is 23.8 Å². The van der Waals surface area contributed by atoms with Gasteiger partial charge >= 0.3 is 0 Å². The molecule has 0 radical (unpaired) electrons. The number of rotatable bonds is 3. The smallest absolute Gasteiger partial charge is 0.297 e. The van der Waals surface area contributed by atoms with Gasteiger partial charge in [0, 0.05) is 12.0 Å². The summed E-state index contributed by atoms with van der Waals surface area (Å²) in [6.07, 6.45) is -0.841. The minimum Gasteiger partial charge on any atom is -0.348 e. The molecule has 0 aliphatic carbocycles. The van der Waals surface area contributed by atoms with Gasteiger partial charge in [-0.05, 0) is 24.6 Å². The van der Waals surface area contributed by atoms with Crippen LogP contribution in [0.5, 0.6) is 0 Å². The van der Waals surface area contributed by atoms with Gasteiger partial charge in [-0.15, -0.1) is 0 Å². The van der Waals surface area contributed by atoms with Crippen LogP contribution in [0.2, 0.25) is 0 Å². The number of ether oxygens (including phenoxy) is 2. The Balaban J connectivity index is 1.70. The fourth-order valence-electron chi connectivity index (χ4n) is 3.14. The maximum absolute atomic E-state index is 12.7. The van der Waals surface area contributed by atoms with Gasteiger partial charge in [0.2, 0.25) is 0 Å². The summed E-state index contributed by atoms with van der Waals surface area (Å²) in [5.74, 6) is 0. The van der Waals surface area contributed by atoms with E-state index in [2.05, 4.69) is 0 Å². The van der Waals surface area contributed by atoms with Crippen molar-refractivity contribution >= 4 is 10.1 Å². The molecule has 126 valence electrons. The first-order chi connectivity index (χ1) is 11.5. The highest BCUT2D eigenvalue weighted by Crippen LogP contribution is 2.44. The number of benzene rings is 2. The molecular weight excluding hydrogens is 328 g/mol. The quantitative estimate of drug-likeness (QED) is 0.798. The molecular formula is C18H18O5S. The van der Waals surface area contributed by atoms with Crippen molar-refractivity contribution in [2.75, 3.05) is 6.61 Å². The summed E-state index contributed by atoms with van der Waals surface area (Å²) in [5.41, 5.74) is 2.64. The first kappa shape index (κ1) is 15.8. The highest BCUT2D eigenvalue weighted by molar-refractivity contribution is 7.86. The van der Waals surface area contributed by atoms with Crippen molar-refractivity contribution in [3.05, 3.63) is 65.2 Å². The third-order valence-electron chi connectivity index (χ3n) is 4.40. The fourth-order valence-corrected chi connectivity index (χ4v) is 4.22. The molecule has 2 aromatic carbocycles. The average molecular weight is 346 g/mol. The van der Waals surface area contributed by atoms with Crippen LogP contribution in [0.4, 0.5) is 0 Å². The molecule has 3 atom stereocenters. The number of aryl methyl sites for hydroxylation is 1. The SMILES string of the molecule is Cc1ccc(S(=O)(=O)O[C@H]2c3ccccc3[C@H]3OCC[C@@H]2O3)cc1. The van der Waals surface area contributed by atoms with Crippen molar-refractivity contribution in [3.8, 4) is 0 Å². The Bertz CT molecular complexity index is 844. The summed E-state index contributed by atoms with van der Waals surface area (Å²) >= 11 is 0. The number of hydrogen-bond donors (Lipinski definition) is 0. The normalized spacial score (nSPS) is 26.0. The zero-order chi connectivity index (χ0) is 16.7. The van der Waals surface area contributed by atoms with Crippen LogP contribution in [0.1, 0.15) is 35.5 Å². The van der Waals surface area contributed by atoms with E-state index in [4.69, 9.17) is 13.7 Å². The highest BCUT2D eigenvalue weighted by atomic mass is 32.2. The molecule has 2 bridgehead atoms. The van der Waals surface area contributed by atoms with Crippen molar-refractivity contribution in [1.82, 2.24) is 0 Å². The molecule has 0 saturated carbocycles. The summed E-state index contributed by atoms with van der Waals surface area (Å²) in [7, 11) is -3.88. The van der Waals surface area contributed by atoms with Gasteiger partial charge in [-0.2, -0.15) is 8.42 Å². The Morgan fingerprint density at radius 3 is 2.50 bits per heavy atom. The molecule has 24 heavy (non-hydrogen) atoms. The van der Waals surface area contributed by atoms with Crippen molar-refractivity contribution < 1.29 is 22.1 Å². The predicted octanol–water partition coefficient (Wildman–Crippen LogP) is 3.26. The van der Waals surface area contributed by atoms with Gasteiger partial charge in [-0.1, -0.05) is 42.0 Å². The molecule has 2 aliphatic rings. The molecule has 0 N–H and O–H groups in total. The van der Waals surface area contributed by atoms with E-state index in [0.717, 1.165) is 16.7 Å². The zero-order valence-corrected chi connectivity index (χ0v) is 14.0. The van der Waals surface area contributed by atoms with E-state index in [9.17, 15) is 8.42 Å². The summed E-state index contributed by atoms with van der Waals surface area (Å²) in [6.45, 7) is 2.43. The van der Waals surface area contributed by atoms with Crippen molar-refractivity contribution in [2.24, 2.45) is 0 Å². The second-order valence-electron chi connectivity index (χ2n) is 6.08.